The average Bonchev–Trinajstić information content (AvgIpc) is 2.92. The van der Waals surface area contributed by atoms with Crippen LogP contribution in [0.1, 0.15) is 27.7 Å². The smallest absolute Gasteiger partial charge is 0.253 e. The third kappa shape index (κ3) is 3.23. The summed E-state index contributed by atoms with van der Waals surface area (Å²) in [5, 5.41) is 5.02. The minimum Gasteiger partial charge on any atom is -0.347 e. The molecule has 2 nitrogen and oxygen atoms in total. The van der Waals surface area contributed by atoms with Gasteiger partial charge < -0.3 is 5.32 Å². The first-order valence-electron chi connectivity index (χ1n) is 5.40. The molecule has 96 valence electrons. The molecule has 6 heteroatoms. The van der Waals surface area contributed by atoms with Crippen molar-refractivity contribution in [3.05, 3.63) is 41.1 Å². The Labute approximate surface area is 131 Å². The Kier molecular flexibility index (Phi) is 5.00. The van der Waals surface area contributed by atoms with E-state index in [2.05, 4.69) is 55.5 Å². The van der Waals surface area contributed by atoms with Gasteiger partial charge in [0.15, 0.2) is 0 Å². The number of nitrogens with one attached hydrogen (secondary N) is 1. The average molecular weight is 409 g/mol. The van der Waals surface area contributed by atoms with Gasteiger partial charge in [-0.15, -0.1) is 22.7 Å². The van der Waals surface area contributed by atoms with E-state index in [1.54, 1.807) is 11.3 Å². The van der Waals surface area contributed by atoms with Crippen LogP contribution in [0, 0.1) is 0 Å². The van der Waals surface area contributed by atoms with Gasteiger partial charge in [0.2, 0.25) is 0 Å². The molecule has 0 saturated heterocycles. The van der Waals surface area contributed by atoms with E-state index < -0.39 is 0 Å². The van der Waals surface area contributed by atoms with E-state index in [1.165, 1.54) is 21.8 Å². The zero-order chi connectivity index (χ0) is 13.1. The second-order valence-corrected chi connectivity index (χ2v) is 8.39. The monoisotopic (exact) mass is 407 g/mol. The van der Waals surface area contributed by atoms with Crippen LogP contribution in [-0.2, 0) is 13.0 Å². The van der Waals surface area contributed by atoms with Crippen LogP contribution in [0.2, 0.25) is 0 Å². The number of amides is 1. The maximum absolute atomic E-state index is 12.0. The lowest BCUT2D eigenvalue weighted by Crippen LogP contribution is -2.22. The SMILES string of the molecule is CCc1ccsc1CNC(=O)c1cc(Br)sc1Br. The first-order chi connectivity index (χ1) is 8.61. The molecule has 2 rings (SSSR count). The fraction of sp³-hybridized carbons (Fsp3) is 0.250. The number of carbonyl (C=O) groups excluding carboxylic acids is 1. The summed E-state index contributed by atoms with van der Waals surface area (Å²) in [7, 11) is 0. The number of halogens is 2. The summed E-state index contributed by atoms with van der Waals surface area (Å²) in [5.74, 6) is -0.0423. The van der Waals surface area contributed by atoms with Crippen LogP contribution in [0.4, 0.5) is 0 Å². The molecule has 2 aromatic heterocycles. The first kappa shape index (κ1) is 14.2. The molecule has 0 aromatic carbocycles. The van der Waals surface area contributed by atoms with Crippen molar-refractivity contribution in [3.63, 3.8) is 0 Å². The Bertz CT molecular complexity index is 562. The molecule has 0 aliphatic rings. The lowest BCUT2D eigenvalue weighted by atomic mass is 10.2. The van der Waals surface area contributed by atoms with Crippen LogP contribution in [0.3, 0.4) is 0 Å². The minimum absolute atomic E-state index is 0.0423. The number of carbonyl (C=O) groups is 1. The highest BCUT2D eigenvalue weighted by Gasteiger charge is 2.14. The van der Waals surface area contributed by atoms with Gasteiger partial charge in [0.25, 0.3) is 5.91 Å². The molecule has 0 spiro atoms. The Hall–Kier alpha value is -0.170. The molecular formula is C12H11Br2NOS2. The Balaban J connectivity index is 2.03. The molecule has 0 fully saturated rings. The topological polar surface area (TPSA) is 29.1 Å². The van der Waals surface area contributed by atoms with Crippen molar-refractivity contribution < 1.29 is 4.79 Å². The van der Waals surface area contributed by atoms with Crippen molar-refractivity contribution in [1.82, 2.24) is 5.32 Å². The molecule has 2 aromatic rings. The summed E-state index contributed by atoms with van der Waals surface area (Å²) in [5.41, 5.74) is 1.99. The van der Waals surface area contributed by atoms with Crippen molar-refractivity contribution in [2.45, 2.75) is 19.9 Å². The zero-order valence-electron chi connectivity index (χ0n) is 9.63. The van der Waals surface area contributed by atoms with Crippen LogP contribution < -0.4 is 5.32 Å². The maximum atomic E-state index is 12.0. The summed E-state index contributed by atoms with van der Waals surface area (Å²) in [6.45, 7) is 2.72. The maximum Gasteiger partial charge on any atom is 0.253 e. The van der Waals surface area contributed by atoms with Crippen molar-refractivity contribution in [2.75, 3.05) is 0 Å². The number of hydrogen-bond acceptors (Lipinski definition) is 3. The quantitative estimate of drug-likeness (QED) is 0.771. The molecule has 0 saturated carbocycles. The van der Waals surface area contributed by atoms with Gasteiger partial charge in [-0.2, -0.15) is 0 Å². The predicted octanol–water partition coefficient (Wildman–Crippen LogP) is 4.83. The third-order valence-corrected chi connectivity index (χ3v) is 5.83. The van der Waals surface area contributed by atoms with Crippen molar-refractivity contribution in [2.24, 2.45) is 0 Å². The molecule has 0 radical (unpaired) electrons. The lowest BCUT2D eigenvalue weighted by Gasteiger charge is -2.04. The number of aryl methyl sites for hydroxylation is 1. The van der Waals surface area contributed by atoms with Crippen LogP contribution in [0.5, 0.6) is 0 Å². The Morgan fingerprint density at radius 2 is 2.22 bits per heavy atom. The third-order valence-electron chi connectivity index (χ3n) is 2.53. The summed E-state index contributed by atoms with van der Waals surface area (Å²) < 4.78 is 1.80. The first-order valence-corrected chi connectivity index (χ1v) is 8.68. The second-order valence-electron chi connectivity index (χ2n) is 3.64. The number of hydrogen-bond donors (Lipinski definition) is 1. The van der Waals surface area contributed by atoms with Gasteiger partial charge in [-0.3, -0.25) is 4.79 Å². The van der Waals surface area contributed by atoms with Gasteiger partial charge in [-0.1, -0.05) is 6.92 Å². The fourth-order valence-corrected chi connectivity index (χ4v) is 5.30. The number of rotatable bonds is 4. The van der Waals surface area contributed by atoms with E-state index in [1.807, 2.05) is 6.07 Å². The molecular weight excluding hydrogens is 398 g/mol. The molecule has 0 atom stereocenters. The second kappa shape index (κ2) is 6.32. The standard InChI is InChI=1S/C12H11Br2NOS2/c1-2-7-3-4-17-9(7)6-15-12(16)8-5-10(13)18-11(8)14/h3-5H,2,6H2,1H3,(H,15,16). The lowest BCUT2D eigenvalue weighted by molar-refractivity contribution is 0.0951. The molecule has 0 unspecified atom stereocenters. The van der Waals surface area contributed by atoms with Crippen LogP contribution in [0.15, 0.2) is 25.1 Å². The van der Waals surface area contributed by atoms with Gasteiger partial charge in [0.1, 0.15) is 0 Å². The summed E-state index contributed by atoms with van der Waals surface area (Å²) >= 11 is 9.96. The Morgan fingerprint density at radius 1 is 1.44 bits per heavy atom. The fourth-order valence-electron chi connectivity index (χ4n) is 1.59. The molecule has 1 N–H and O–H groups in total. The van der Waals surface area contributed by atoms with Gasteiger partial charge >= 0.3 is 0 Å². The largest absolute Gasteiger partial charge is 0.347 e. The van der Waals surface area contributed by atoms with E-state index in [9.17, 15) is 4.79 Å². The van der Waals surface area contributed by atoms with Gasteiger partial charge in [0.05, 0.1) is 19.7 Å². The van der Waals surface area contributed by atoms with Crippen molar-refractivity contribution >= 4 is 60.4 Å². The van der Waals surface area contributed by atoms with E-state index >= 15 is 0 Å². The molecule has 0 aliphatic heterocycles. The van der Waals surface area contributed by atoms with Gasteiger partial charge in [-0.05, 0) is 61.4 Å². The van der Waals surface area contributed by atoms with Crippen molar-refractivity contribution in [3.8, 4) is 0 Å². The normalized spacial score (nSPS) is 10.6. The van der Waals surface area contributed by atoms with Crippen molar-refractivity contribution in [1.29, 1.82) is 0 Å². The summed E-state index contributed by atoms with van der Waals surface area (Å²) in [6.07, 6.45) is 1.00. The molecule has 0 bridgehead atoms. The van der Waals surface area contributed by atoms with Gasteiger partial charge in [-0.25, -0.2) is 0 Å². The molecule has 2 heterocycles. The van der Waals surface area contributed by atoms with Gasteiger partial charge in [0, 0.05) is 4.88 Å². The highest BCUT2D eigenvalue weighted by molar-refractivity contribution is 9.12. The van der Waals surface area contributed by atoms with E-state index in [0.29, 0.717) is 12.1 Å². The van der Waals surface area contributed by atoms with Crippen LogP contribution in [0.25, 0.3) is 0 Å². The highest BCUT2D eigenvalue weighted by atomic mass is 79.9. The predicted molar refractivity (Wildman–Crippen MR) is 84.6 cm³/mol. The highest BCUT2D eigenvalue weighted by Crippen LogP contribution is 2.31. The molecule has 18 heavy (non-hydrogen) atoms. The molecule has 1 amide bonds. The van der Waals surface area contributed by atoms with Crippen LogP contribution in [-0.4, -0.2) is 5.91 Å². The van der Waals surface area contributed by atoms with E-state index in [0.717, 1.165) is 14.0 Å². The summed E-state index contributed by atoms with van der Waals surface area (Å²) in [4.78, 5) is 13.3. The van der Waals surface area contributed by atoms with Crippen LogP contribution >= 0.6 is 54.5 Å². The minimum atomic E-state index is -0.0423. The summed E-state index contributed by atoms with van der Waals surface area (Å²) in [6, 6.07) is 3.95. The van der Waals surface area contributed by atoms with E-state index in [-0.39, 0.29) is 5.91 Å². The zero-order valence-corrected chi connectivity index (χ0v) is 14.4. The molecule has 0 aliphatic carbocycles. The Morgan fingerprint density at radius 3 is 2.83 bits per heavy atom. The number of thiophene rings is 2. The van der Waals surface area contributed by atoms with E-state index in [4.69, 9.17) is 0 Å².